The van der Waals surface area contributed by atoms with Crippen molar-refractivity contribution in [1.82, 2.24) is 5.32 Å². The molecule has 1 saturated heterocycles. The van der Waals surface area contributed by atoms with Gasteiger partial charge in [0.1, 0.15) is 0 Å². The molecule has 2 aromatic carbocycles. The fraction of sp³-hybridized carbons (Fsp3) is 0.318. The van der Waals surface area contributed by atoms with Gasteiger partial charge >= 0.3 is 0 Å². The third kappa shape index (κ3) is 6.38. The molecule has 1 heterocycles. The molecule has 1 N–H and O–H groups in total. The van der Waals surface area contributed by atoms with Crippen molar-refractivity contribution in [1.29, 1.82) is 0 Å². The van der Waals surface area contributed by atoms with Crippen LogP contribution in [0.25, 0.3) is 0 Å². The van der Waals surface area contributed by atoms with Gasteiger partial charge in [-0.1, -0.05) is 54.4 Å². The van der Waals surface area contributed by atoms with Gasteiger partial charge in [0.15, 0.2) is 16.7 Å². The van der Waals surface area contributed by atoms with Gasteiger partial charge in [0.25, 0.3) is 0 Å². The minimum Gasteiger partial charge on any atom is -0.493 e. The summed E-state index contributed by atoms with van der Waals surface area (Å²) in [5.41, 5.74) is 1.55. The molecular weight excluding hydrogens is 457 g/mol. The predicted molar refractivity (Wildman–Crippen MR) is 128 cm³/mol. The van der Waals surface area contributed by atoms with Crippen LogP contribution in [-0.4, -0.2) is 36.3 Å². The van der Waals surface area contributed by atoms with E-state index < -0.39 is 0 Å². The number of hydrogen-bond donors (Lipinski definition) is 1. The van der Waals surface area contributed by atoms with E-state index in [1.807, 2.05) is 18.2 Å². The Morgan fingerprint density at radius 3 is 2.68 bits per heavy atom. The first-order chi connectivity index (χ1) is 15.0. The van der Waals surface area contributed by atoms with E-state index in [1.165, 1.54) is 11.8 Å². The van der Waals surface area contributed by atoms with Crippen LogP contribution in [0.5, 0.6) is 11.5 Å². The van der Waals surface area contributed by atoms with E-state index in [9.17, 15) is 4.79 Å². The monoisotopic (exact) mass is 479 g/mol. The van der Waals surface area contributed by atoms with Gasteiger partial charge in [-0.3, -0.25) is 4.79 Å². The Balaban J connectivity index is 1.63. The Kier molecular flexibility index (Phi) is 8.63. The second-order valence-electron chi connectivity index (χ2n) is 6.76. The Morgan fingerprint density at radius 2 is 1.97 bits per heavy atom. The van der Waals surface area contributed by atoms with Gasteiger partial charge in [0, 0.05) is 10.0 Å². The molecular formula is C22H23Cl2N3O3S. The van der Waals surface area contributed by atoms with Crippen LogP contribution in [0, 0.1) is 0 Å². The highest BCUT2D eigenvalue weighted by molar-refractivity contribution is 8.15. The molecule has 1 aliphatic rings. The van der Waals surface area contributed by atoms with Crippen LogP contribution in [0.1, 0.15) is 30.9 Å². The number of halogens is 2. The molecule has 3 rings (SSSR count). The van der Waals surface area contributed by atoms with Crippen LogP contribution >= 0.6 is 35.0 Å². The van der Waals surface area contributed by atoms with E-state index in [4.69, 9.17) is 32.7 Å². The van der Waals surface area contributed by atoms with Crippen LogP contribution in [0.3, 0.4) is 0 Å². The number of amidine groups is 1. The van der Waals surface area contributed by atoms with Gasteiger partial charge in [-0.25, -0.2) is 0 Å². The molecule has 164 valence electrons. The molecule has 0 aliphatic carbocycles. The van der Waals surface area contributed by atoms with Gasteiger partial charge in [-0.2, -0.15) is 5.10 Å². The molecule has 0 saturated carbocycles. The maximum atomic E-state index is 12.3. The summed E-state index contributed by atoms with van der Waals surface area (Å²) < 4.78 is 11.1. The first kappa shape index (κ1) is 23.4. The fourth-order valence-electron chi connectivity index (χ4n) is 2.86. The maximum Gasteiger partial charge on any atom is 0.239 e. The molecule has 0 radical (unpaired) electrons. The zero-order valence-corrected chi connectivity index (χ0v) is 19.6. The first-order valence-corrected chi connectivity index (χ1v) is 11.5. The standard InChI is InChI=1S/C22H23Cl2N3O3S/c1-3-4-10-30-18-9-8-14(11-19(18)29-2)13-25-27-22-26-21(28)20(31-22)12-15-16(23)6-5-7-17(15)24/h5-9,11,13,20H,3-4,10,12H2,1-2H3,(H,26,27,28)/b25-13-/t20-/m1/s1. The third-order valence-corrected chi connectivity index (χ3v) is 6.31. The number of rotatable bonds is 9. The summed E-state index contributed by atoms with van der Waals surface area (Å²) in [4.78, 5) is 12.3. The Labute approximate surface area is 196 Å². The number of hydrogen-bond acceptors (Lipinski definition) is 6. The largest absolute Gasteiger partial charge is 0.493 e. The third-order valence-electron chi connectivity index (χ3n) is 4.53. The van der Waals surface area contributed by atoms with Crippen molar-refractivity contribution in [2.75, 3.05) is 13.7 Å². The average molecular weight is 480 g/mol. The zero-order chi connectivity index (χ0) is 22.2. The number of carbonyl (C=O) groups is 1. The van der Waals surface area contributed by atoms with Gasteiger partial charge in [-0.05, 0) is 54.3 Å². The molecule has 1 amide bonds. The molecule has 2 aromatic rings. The number of nitrogens with zero attached hydrogens (tertiary/aromatic N) is 2. The summed E-state index contributed by atoms with van der Waals surface area (Å²) in [6.07, 6.45) is 4.05. The van der Waals surface area contributed by atoms with Gasteiger partial charge in [0.2, 0.25) is 5.91 Å². The second-order valence-corrected chi connectivity index (χ2v) is 8.77. The van der Waals surface area contributed by atoms with Crippen molar-refractivity contribution >= 4 is 52.3 Å². The highest BCUT2D eigenvalue weighted by atomic mass is 35.5. The molecule has 0 bridgehead atoms. The zero-order valence-electron chi connectivity index (χ0n) is 17.2. The van der Waals surface area contributed by atoms with Crippen molar-refractivity contribution in [2.24, 2.45) is 10.2 Å². The molecule has 6 nitrogen and oxygen atoms in total. The molecule has 0 spiro atoms. The van der Waals surface area contributed by atoms with Gasteiger partial charge < -0.3 is 14.8 Å². The summed E-state index contributed by atoms with van der Waals surface area (Å²) in [7, 11) is 1.60. The number of carbonyl (C=O) groups excluding carboxylic acids is 1. The topological polar surface area (TPSA) is 72.3 Å². The second kappa shape index (κ2) is 11.4. The minimum absolute atomic E-state index is 0.148. The quantitative estimate of drug-likeness (QED) is 0.299. The fourth-order valence-corrected chi connectivity index (χ4v) is 4.35. The predicted octanol–water partition coefficient (Wildman–Crippen LogP) is 5.35. The van der Waals surface area contributed by atoms with Crippen molar-refractivity contribution in [3.8, 4) is 11.5 Å². The molecule has 31 heavy (non-hydrogen) atoms. The van der Waals surface area contributed by atoms with E-state index in [0.717, 1.165) is 24.0 Å². The first-order valence-electron chi connectivity index (χ1n) is 9.84. The molecule has 0 unspecified atom stereocenters. The molecule has 1 atom stereocenters. The summed E-state index contributed by atoms with van der Waals surface area (Å²) in [5, 5.41) is 12.1. The average Bonchev–Trinajstić information content (AvgIpc) is 3.10. The van der Waals surface area contributed by atoms with Crippen LogP contribution < -0.4 is 14.8 Å². The summed E-state index contributed by atoms with van der Waals surface area (Å²) in [6.45, 7) is 2.76. The molecule has 1 aliphatic heterocycles. The highest BCUT2D eigenvalue weighted by Crippen LogP contribution is 2.31. The number of benzene rings is 2. The molecule has 9 heteroatoms. The van der Waals surface area contributed by atoms with E-state index >= 15 is 0 Å². The lowest BCUT2D eigenvalue weighted by atomic mass is 10.1. The van der Waals surface area contributed by atoms with E-state index in [-0.39, 0.29) is 11.2 Å². The lowest BCUT2D eigenvalue weighted by molar-refractivity contribution is -0.118. The smallest absolute Gasteiger partial charge is 0.239 e. The van der Waals surface area contributed by atoms with Crippen molar-refractivity contribution in [2.45, 2.75) is 31.4 Å². The van der Waals surface area contributed by atoms with E-state index in [1.54, 1.807) is 31.5 Å². The van der Waals surface area contributed by atoms with Crippen LogP contribution in [0.4, 0.5) is 0 Å². The summed E-state index contributed by atoms with van der Waals surface area (Å²) in [6, 6.07) is 10.8. The lowest BCUT2D eigenvalue weighted by Crippen LogP contribution is -2.26. The molecule has 1 fully saturated rings. The van der Waals surface area contributed by atoms with Crippen LogP contribution in [0.2, 0.25) is 10.0 Å². The number of methoxy groups -OCH3 is 1. The van der Waals surface area contributed by atoms with Crippen LogP contribution in [0.15, 0.2) is 46.6 Å². The van der Waals surface area contributed by atoms with E-state index in [0.29, 0.717) is 39.7 Å². The van der Waals surface area contributed by atoms with Crippen molar-refractivity contribution < 1.29 is 14.3 Å². The Morgan fingerprint density at radius 1 is 1.19 bits per heavy atom. The Hall–Kier alpha value is -2.22. The number of ether oxygens (including phenoxy) is 2. The van der Waals surface area contributed by atoms with Crippen LogP contribution in [-0.2, 0) is 11.2 Å². The number of nitrogens with one attached hydrogen (secondary N) is 1. The summed E-state index contributed by atoms with van der Waals surface area (Å²) in [5.74, 6) is 1.18. The normalized spacial score (nSPS) is 17.4. The van der Waals surface area contributed by atoms with Gasteiger partial charge in [0.05, 0.1) is 25.2 Å². The number of amides is 1. The maximum absolute atomic E-state index is 12.3. The number of unbranched alkanes of at least 4 members (excludes halogenated alkanes) is 1. The van der Waals surface area contributed by atoms with Crippen molar-refractivity contribution in [3.05, 3.63) is 57.6 Å². The minimum atomic E-state index is -0.369. The molecule has 0 aromatic heterocycles. The van der Waals surface area contributed by atoms with Gasteiger partial charge in [-0.15, -0.1) is 5.10 Å². The summed E-state index contributed by atoms with van der Waals surface area (Å²) >= 11 is 13.7. The SMILES string of the molecule is CCCCOc1ccc(/C=N\N=C2/NC(=O)[C@@H](Cc3c(Cl)cccc3Cl)S2)cc1OC. The Bertz CT molecular complexity index is 978. The van der Waals surface area contributed by atoms with Crippen molar-refractivity contribution in [3.63, 3.8) is 0 Å². The lowest BCUT2D eigenvalue weighted by Gasteiger charge is -2.10. The highest BCUT2D eigenvalue weighted by Gasteiger charge is 2.31. The van der Waals surface area contributed by atoms with E-state index in [2.05, 4.69) is 22.4 Å². The number of thioether (sulfide) groups is 1.